The maximum Gasteiger partial charge on any atom is 0.414 e. The molecule has 2 aliphatic rings. The number of carbonyl (C=O) groups excluding carboxylic acids is 1. The highest BCUT2D eigenvalue weighted by Gasteiger charge is 2.48. The van der Waals surface area contributed by atoms with Gasteiger partial charge in [-0.3, -0.25) is 4.90 Å². The predicted molar refractivity (Wildman–Crippen MR) is 74.6 cm³/mol. The van der Waals surface area contributed by atoms with E-state index in [-0.39, 0.29) is 11.6 Å². The number of hydrogen-bond acceptors (Lipinski definition) is 6. The molecule has 9 heteroatoms. The van der Waals surface area contributed by atoms with Gasteiger partial charge in [-0.25, -0.2) is 14.4 Å². The average molecular weight is 318 g/mol. The topological polar surface area (TPSA) is 125 Å². The van der Waals surface area contributed by atoms with E-state index in [1.165, 1.54) is 0 Å². The summed E-state index contributed by atoms with van der Waals surface area (Å²) >= 11 is 0. The number of rotatable bonds is 0. The molecule has 0 radical (unpaired) electrons. The first-order valence-corrected chi connectivity index (χ1v) is 6.83. The van der Waals surface area contributed by atoms with Gasteiger partial charge in [-0.05, 0) is 20.8 Å². The third-order valence-corrected chi connectivity index (χ3v) is 3.11. The number of carbonyl (C=O) groups is 3. The van der Waals surface area contributed by atoms with Gasteiger partial charge < -0.3 is 25.0 Å². The Balaban J connectivity index is 0.000000346. The Morgan fingerprint density at radius 3 is 2.09 bits per heavy atom. The molecule has 1 amide bonds. The van der Waals surface area contributed by atoms with Crippen LogP contribution in [0.3, 0.4) is 0 Å². The van der Waals surface area contributed by atoms with Crippen LogP contribution in [0.4, 0.5) is 4.79 Å². The third kappa shape index (κ3) is 4.85. The standard InChI is InChI=1S/C11H20N2O3.C2H2O4/c1-10(2,3)16-9(14)13-4-5-15-8-11(13)6-12-7-11;3-1(4)2(5)6/h12H,4-8H2,1-3H3;(H,3,4)(H,5,6). The second-order valence-corrected chi connectivity index (χ2v) is 6.12. The largest absolute Gasteiger partial charge is 0.473 e. The Bertz CT molecular complexity index is 428. The van der Waals surface area contributed by atoms with Gasteiger partial charge in [0.1, 0.15) is 5.60 Å². The summed E-state index contributed by atoms with van der Waals surface area (Å²) in [5.41, 5.74) is -0.603. The van der Waals surface area contributed by atoms with Crippen molar-refractivity contribution in [2.24, 2.45) is 0 Å². The van der Waals surface area contributed by atoms with Crippen LogP contribution in [-0.2, 0) is 19.1 Å². The molecule has 0 saturated carbocycles. The fourth-order valence-corrected chi connectivity index (χ4v) is 2.04. The second-order valence-electron chi connectivity index (χ2n) is 6.12. The number of nitrogens with zero attached hydrogens (tertiary/aromatic N) is 1. The molecule has 0 aromatic carbocycles. The molecule has 126 valence electrons. The van der Waals surface area contributed by atoms with E-state index < -0.39 is 17.5 Å². The number of amides is 1. The monoisotopic (exact) mass is 318 g/mol. The molecule has 2 rings (SSSR count). The third-order valence-electron chi connectivity index (χ3n) is 3.11. The SMILES string of the molecule is CC(C)(C)OC(=O)N1CCOCC12CNC2.O=C(O)C(=O)O. The Morgan fingerprint density at radius 2 is 1.73 bits per heavy atom. The van der Waals surface area contributed by atoms with E-state index in [4.69, 9.17) is 29.3 Å². The Kier molecular flexibility index (Phi) is 5.72. The first kappa shape index (κ1) is 18.2. The Hall–Kier alpha value is -1.87. The number of ether oxygens (including phenoxy) is 2. The van der Waals surface area contributed by atoms with E-state index in [1.807, 2.05) is 25.7 Å². The zero-order valence-corrected chi connectivity index (χ0v) is 12.9. The van der Waals surface area contributed by atoms with Crippen molar-refractivity contribution in [1.29, 1.82) is 0 Å². The zero-order valence-electron chi connectivity index (χ0n) is 12.9. The molecule has 2 saturated heterocycles. The number of aliphatic carboxylic acids is 2. The number of nitrogens with one attached hydrogen (secondary N) is 1. The highest BCUT2D eigenvalue weighted by atomic mass is 16.6. The number of hydrogen-bond donors (Lipinski definition) is 3. The van der Waals surface area contributed by atoms with Gasteiger partial charge in [0.2, 0.25) is 0 Å². The van der Waals surface area contributed by atoms with Crippen LogP contribution in [0.25, 0.3) is 0 Å². The van der Waals surface area contributed by atoms with Gasteiger partial charge in [-0.15, -0.1) is 0 Å². The Morgan fingerprint density at radius 1 is 1.18 bits per heavy atom. The molecule has 1 spiro atoms. The molecule has 0 aromatic rings. The molecule has 0 aliphatic carbocycles. The lowest BCUT2D eigenvalue weighted by Crippen LogP contribution is -2.74. The zero-order chi connectivity index (χ0) is 17.0. The van der Waals surface area contributed by atoms with Crippen LogP contribution in [0, 0.1) is 0 Å². The van der Waals surface area contributed by atoms with E-state index in [0.717, 1.165) is 13.1 Å². The van der Waals surface area contributed by atoms with Gasteiger partial charge in [-0.1, -0.05) is 0 Å². The molecular weight excluding hydrogens is 296 g/mol. The summed E-state index contributed by atoms with van der Waals surface area (Å²) < 4.78 is 10.9. The molecular formula is C13H22N2O7. The summed E-state index contributed by atoms with van der Waals surface area (Å²) in [6, 6.07) is 0. The summed E-state index contributed by atoms with van der Waals surface area (Å²) in [6.45, 7) is 9.08. The van der Waals surface area contributed by atoms with Crippen LogP contribution >= 0.6 is 0 Å². The minimum Gasteiger partial charge on any atom is -0.473 e. The summed E-state index contributed by atoms with van der Waals surface area (Å²) in [5, 5.41) is 18.0. The van der Waals surface area contributed by atoms with Gasteiger partial charge in [-0.2, -0.15) is 0 Å². The first-order chi connectivity index (χ1) is 10.1. The summed E-state index contributed by atoms with van der Waals surface area (Å²) in [4.78, 5) is 32.1. The van der Waals surface area contributed by atoms with Gasteiger partial charge >= 0.3 is 18.0 Å². The minimum atomic E-state index is -1.82. The summed E-state index contributed by atoms with van der Waals surface area (Å²) in [7, 11) is 0. The first-order valence-electron chi connectivity index (χ1n) is 6.83. The fourth-order valence-electron chi connectivity index (χ4n) is 2.04. The molecule has 9 nitrogen and oxygen atoms in total. The molecule has 0 bridgehead atoms. The van der Waals surface area contributed by atoms with Crippen molar-refractivity contribution in [3.05, 3.63) is 0 Å². The highest BCUT2D eigenvalue weighted by molar-refractivity contribution is 6.27. The lowest BCUT2D eigenvalue weighted by atomic mass is 9.90. The predicted octanol–water partition coefficient (Wildman–Crippen LogP) is -0.249. The molecule has 0 atom stereocenters. The van der Waals surface area contributed by atoms with E-state index in [1.54, 1.807) is 0 Å². The van der Waals surface area contributed by atoms with Crippen LogP contribution in [0.1, 0.15) is 20.8 Å². The van der Waals surface area contributed by atoms with Gasteiger partial charge in [0.05, 0.1) is 18.8 Å². The number of carboxylic acids is 2. The van der Waals surface area contributed by atoms with Crippen molar-refractivity contribution in [2.45, 2.75) is 31.9 Å². The van der Waals surface area contributed by atoms with Crippen molar-refractivity contribution >= 4 is 18.0 Å². The van der Waals surface area contributed by atoms with Crippen LogP contribution in [0.2, 0.25) is 0 Å². The molecule has 2 fully saturated rings. The summed E-state index contributed by atoms with van der Waals surface area (Å²) in [6.07, 6.45) is -0.225. The van der Waals surface area contributed by atoms with Gasteiger partial charge in [0, 0.05) is 19.6 Å². The summed E-state index contributed by atoms with van der Waals surface area (Å²) in [5.74, 6) is -3.65. The molecule has 0 aromatic heterocycles. The maximum absolute atomic E-state index is 12.0. The van der Waals surface area contributed by atoms with Crippen molar-refractivity contribution in [3.8, 4) is 0 Å². The van der Waals surface area contributed by atoms with Crippen molar-refractivity contribution in [1.82, 2.24) is 10.2 Å². The molecule has 3 N–H and O–H groups in total. The van der Waals surface area contributed by atoms with E-state index in [9.17, 15) is 4.79 Å². The maximum atomic E-state index is 12.0. The average Bonchev–Trinajstić information content (AvgIpc) is 2.35. The molecule has 2 aliphatic heterocycles. The quantitative estimate of drug-likeness (QED) is 0.522. The lowest BCUT2D eigenvalue weighted by molar-refractivity contribution is -0.159. The van der Waals surface area contributed by atoms with Gasteiger partial charge in [0.15, 0.2) is 0 Å². The smallest absolute Gasteiger partial charge is 0.414 e. The van der Waals surface area contributed by atoms with Crippen LogP contribution < -0.4 is 5.32 Å². The van der Waals surface area contributed by atoms with Crippen LogP contribution in [0.15, 0.2) is 0 Å². The molecule has 22 heavy (non-hydrogen) atoms. The number of carboxylic acid groups (broad SMARTS) is 2. The van der Waals surface area contributed by atoms with Crippen molar-refractivity contribution in [3.63, 3.8) is 0 Å². The molecule has 2 heterocycles. The van der Waals surface area contributed by atoms with Crippen molar-refractivity contribution in [2.75, 3.05) is 32.8 Å². The minimum absolute atomic E-state index is 0.166. The van der Waals surface area contributed by atoms with Crippen LogP contribution in [-0.4, -0.2) is 77.1 Å². The second kappa shape index (κ2) is 6.93. The fraction of sp³-hybridized carbons (Fsp3) is 0.769. The normalized spacial score (nSPS) is 19.5. The van der Waals surface area contributed by atoms with E-state index in [2.05, 4.69) is 5.32 Å². The van der Waals surface area contributed by atoms with Gasteiger partial charge in [0.25, 0.3) is 0 Å². The van der Waals surface area contributed by atoms with E-state index in [0.29, 0.717) is 19.8 Å². The van der Waals surface area contributed by atoms with Crippen LogP contribution in [0.5, 0.6) is 0 Å². The van der Waals surface area contributed by atoms with E-state index >= 15 is 0 Å². The van der Waals surface area contributed by atoms with Crippen molar-refractivity contribution < 1.29 is 34.1 Å². The molecule has 0 unspecified atom stereocenters. The lowest BCUT2D eigenvalue weighted by Gasteiger charge is -2.52. The number of morpholine rings is 1. The highest BCUT2D eigenvalue weighted by Crippen LogP contribution is 2.26. The Labute approximate surface area is 128 Å².